The topological polar surface area (TPSA) is 47.6 Å². The van der Waals surface area contributed by atoms with E-state index in [1.54, 1.807) is 18.9 Å². The summed E-state index contributed by atoms with van der Waals surface area (Å²) in [6.45, 7) is 1.00. The molecule has 5 heteroatoms. The zero-order chi connectivity index (χ0) is 13.9. The molecule has 0 saturated carbocycles. The van der Waals surface area contributed by atoms with Crippen molar-refractivity contribution in [1.29, 1.82) is 0 Å². The van der Waals surface area contributed by atoms with Crippen molar-refractivity contribution in [3.8, 4) is 11.5 Å². The molecule has 0 heterocycles. The zero-order valence-electron chi connectivity index (χ0n) is 11.5. The number of hydrogen-bond donors (Lipinski definition) is 1. The van der Waals surface area contributed by atoms with Crippen molar-refractivity contribution in [2.45, 2.75) is 12.8 Å². The number of nitrogens with one attached hydrogen (secondary N) is 1. The molecular formula is C14H21NO3S. The maximum absolute atomic E-state index is 11.4. The Labute approximate surface area is 118 Å². The average Bonchev–Trinajstić information content (AvgIpc) is 2.44. The molecule has 0 atom stereocenters. The summed E-state index contributed by atoms with van der Waals surface area (Å²) in [5.74, 6) is 2.69. The number of ether oxygens (including phenoxy) is 2. The predicted octanol–water partition coefficient (Wildman–Crippen LogP) is 2.33. The molecule has 0 unspecified atom stereocenters. The van der Waals surface area contributed by atoms with Gasteiger partial charge in [-0.2, -0.15) is 11.8 Å². The molecule has 0 aromatic heterocycles. The van der Waals surface area contributed by atoms with Crippen LogP contribution in [0.5, 0.6) is 11.5 Å². The van der Waals surface area contributed by atoms with Gasteiger partial charge < -0.3 is 14.8 Å². The van der Waals surface area contributed by atoms with Gasteiger partial charge in [0, 0.05) is 6.42 Å². The molecule has 1 N–H and O–H groups in total. The lowest BCUT2D eigenvalue weighted by atomic mass is 10.3. The number of hydrogen-bond acceptors (Lipinski definition) is 4. The van der Waals surface area contributed by atoms with E-state index in [2.05, 4.69) is 5.32 Å². The van der Waals surface area contributed by atoms with Gasteiger partial charge in [-0.05, 0) is 42.7 Å². The number of rotatable bonds is 9. The molecule has 0 aliphatic carbocycles. The molecule has 0 bridgehead atoms. The Morgan fingerprint density at radius 1 is 1.26 bits per heavy atom. The summed E-state index contributed by atoms with van der Waals surface area (Å²) in [7, 11) is 1.63. The molecule has 0 radical (unpaired) electrons. The standard InChI is InChI=1S/C14H21NO3S/c1-17-12-5-7-13(8-6-12)18-10-9-15-14(16)4-3-11-19-2/h5-8H,3-4,9-11H2,1-2H3,(H,15,16). The van der Waals surface area contributed by atoms with E-state index in [4.69, 9.17) is 9.47 Å². The van der Waals surface area contributed by atoms with Crippen molar-refractivity contribution in [2.24, 2.45) is 0 Å². The van der Waals surface area contributed by atoms with Gasteiger partial charge in [0.2, 0.25) is 5.91 Å². The fourth-order valence-electron chi connectivity index (χ4n) is 1.50. The van der Waals surface area contributed by atoms with Crippen molar-refractivity contribution >= 4 is 17.7 Å². The first-order valence-corrected chi connectivity index (χ1v) is 7.68. The number of thioether (sulfide) groups is 1. The van der Waals surface area contributed by atoms with Crippen molar-refractivity contribution in [1.82, 2.24) is 5.32 Å². The summed E-state index contributed by atoms with van der Waals surface area (Å²) in [5.41, 5.74) is 0. The van der Waals surface area contributed by atoms with Gasteiger partial charge in [-0.15, -0.1) is 0 Å². The second kappa shape index (κ2) is 9.55. The minimum Gasteiger partial charge on any atom is -0.497 e. The third-order valence-corrected chi connectivity index (χ3v) is 3.20. The van der Waals surface area contributed by atoms with Gasteiger partial charge in [-0.1, -0.05) is 0 Å². The molecule has 0 spiro atoms. The molecule has 1 amide bonds. The summed E-state index contributed by atoms with van der Waals surface area (Å²) in [6, 6.07) is 7.38. The maximum atomic E-state index is 11.4. The first-order chi connectivity index (χ1) is 9.26. The zero-order valence-corrected chi connectivity index (χ0v) is 12.3. The Morgan fingerprint density at radius 2 is 1.95 bits per heavy atom. The van der Waals surface area contributed by atoms with Crippen LogP contribution in [0.25, 0.3) is 0 Å². The molecular weight excluding hydrogens is 262 g/mol. The highest BCUT2D eigenvalue weighted by molar-refractivity contribution is 7.98. The molecule has 19 heavy (non-hydrogen) atoms. The molecule has 1 aromatic rings. The number of carbonyl (C=O) groups excluding carboxylic acids is 1. The fraction of sp³-hybridized carbons (Fsp3) is 0.500. The van der Waals surface area contributed by atoms with E-state index in [-0.39, 0.29) is 5.91 Å². The van der Waals surface area contributed by atoms with Crippen LogP contribution in [0.4, 0.5) is 0 Å². The molecule has 106 valence electrons. The van der Waals surface area contributed by atoms with Gasteiger partial charge in [0.15, 0.2) is 0 Å². The highest BCUT2D eigenvalue weighted by Gasteiger charge is 2.00. The van der Waals surface area contributed by atoms with Crippen LogP contribution in [0, 0.1) is 0 Å². The minimum atomic E-state index is 0.0902. The van der Waals surface area contributed by atoms with Crippen LogP contribution >= 0.6 is 11.8 Å². The lowest BCUT2D eigenvalue weighted by molar-refractivity contribution is -0.121. The van der Waals surface area contributed by atoms with Gasteiger partial charge >= 0.3 is 0 Å². The SMILES string of the molecule is COc1ccc(OCCNC(=O)CCCSC)cc1. The predicted molar refractivity (Wildman–Crippen MR) is 79.1 cm³/mol. The third kappa shape index (κ3) is 6.96. The van der Waals surface area contributed by atoms with Crippen molar-refractivity contribution < 1.29 is 14.3 Å². The number of methoxy groups -OCH3 is 1. The minimum absolute atomic E-state index is 0.0902. The number of carbonyl (C=O) groups is 1. The van der Waals surface area contributed by atoms with E-state index in [0.717, 1.165) is 23.7 Å². The largest absolute Gasteiger partial charge is 0.497 e. The number of benzene rings is 1. The maximum Gasteiger partial charge on any atom is 0.220 e. The van der Waals surface area contributed by atoms with Crippen molar-refractivity contribution in [3.05, 3.63) is 24.3 Å². The number of amides is 1. The van der Waals surface area contributed by atoms with Crippen LogP contribution in [-0.2, 0) is 4.79 Å². The normalized spacial score (nSPS) is 10.0. The lowest BCUT2D eigenvalue weighted by Crippen LogP contribution is -2.27. The van der Waals surface area contributed by atoms with E-state index >= 15 is 0 Å². The second-order valence-electron chi connectivity index (χ2n) is 3.97. The lowest BCUT2D eigenvalue weighted by Gasteiger charge is -2.08. The van der Waals surface area contributed by atoms with E-state index < -0.39 is 0 Å². The van der Waals surface area contributed by atoms with Crippen LogP contribution in [0.3, 0.4) is 0 Å². The second-order valence-corrected chi connectivity index (χ2v) is 4.96. The molecule has 0 fully saturated rings. The quantitative estimate of drug-likeness (QED) is 0.707. The van der Waals surface area contributed by atoms with E-state index in [1.165, 1.54) is 0 Å². The van der Waals surface area contributed by atoms with Crippen LogP contribution < -0.4 is 14.8 Å². The Balaban J connectivity index is 2.11. The molecule has 0 saturated heterocycles. The summed E-state index contributed by atoms with van der Waals surface area (Å²) in [5, 5.41) is 2.84. The Kier molecular flexibility index (Phi) is 7.89. The van der Waals surface area contributed by atoms with Gasteiger partial charge in [-0.3, -0.25) is 4.79 Å². The van der Waals surface area contributed by atoms with Crippen molar-refractivity contribution in [3.63, 3.8) is 0 Å². The van der Waals surface area contributed by atoms with Gasteiger partial charge in [0.1, 0.15) is 18.1 Å². The van der Waals surface area contributed by atoms with E-state index in [0.29, 0.717) is 19.6 Å². The highest BCUT2D eigenvalue weighted by atomic mass is 32.2. The molecule has 0 aliphatic rings. The highest BCUT2D eigenvalue weighted by Crippen LogP contribution is 2.16. The van der Waals surface area contributed by atoms with Crippen LogP contribution in [-0.4, -0.2) is 38.2 Å². The molecule has 4 nitrogen and oxygen atoms in total. The van der Waals surface area contributed by atoms with Crippen LogP contribution in [0.1, 0.15) is 12.8 Å². The van der Waals surface area contributed by atoms with E-state index in [1.807, 2.05) is 30.5 Å². The fourth-order valence-corrected chi connectivity index (χ4v) is 1.93. The van der Waals surface area contributed by atoms with Crippen molar-refractivity contribution in [2.75, 3.05) is 32.3 Å². The average molecular weight is 283 g/mol. The monoisotopic (exact) mass is 283 g/mol. The molecule has 1 aromatic carbocycles. The first kappa shape index (κ1) is 15.7. The smallest absolute Gasteiger partial charge is 0.220 e. The van der Waals surface area contributed by atoms with Gasteiger partial charge in [-0.25, -0.2) is 0 Å². The first-order valence-electron chi connectivity index (χ1n) is 6.28. The summed E-state index contributed by atoms with van der Waals surface area (Å²) < 4.78 is 10.6. The summed E-state index contributed by atoms with van der Waals surface area (Å²) in [6.07, 6.45) is 3.55. The van der Waals surface area contributed by atoms with E-state index in [9.17, 15) is 4.79 Å². The van der Waals surface area contributed by atoms with Gasteiger partial charge in [0.05, 0.1) is 13.7 Å². The van der Waals surface area contributed by atoms with Crippen LogP contribution in [0.2, 0.25) is 0 Å². The van der Waals surface area contributed by atoms with Crippen LogP contribution in [0.15, 0.2) is 24.3 Å². The summed E-state index contributed by atoms with van der Waals surface area (Å²) in [4.78, 5) is 11.4. The molecule has 1 rings (SSSR count). The third-order valence-electron chi connectivity index (χ3n) is 2.50. The Morgan fingerprint density at radius 3 is 2.58 bits per heavy atom. The molecule has 0 aliphatic heterocycles. The Hall–Kier alpha value is -1.36. The van der Waals surface area contributed by atoms with Gasteiger partial charge in [0.25, 0.3) is 0 Å². The Bertz CT molecular complexity index is 367. The summed E-state index contributed by atoms with van der Waals surface area (Å²) >= 11 is 1.76.